The van der Waals surface area contributed by atoms with Crippen molar-refractivity contribution >= 4 is 26.1 Å². The molecule has 203 valence electrons. The Bertz CT molecular complexity index is 1380. The number of para-hydroxylation sites is 3. The summed E-state index contributed by atoms with van der Waals surface area (Å²) >= 11 is 0. The number of rotatable bonds is 11. The first kappa shape index (κ1) is 30.2. The van der Waals surface area contributed by atoms with Crippen LogP contribution in [0.1, 0.15) is 55.2 Å². The van der Waals surface area contributed by atoms with Gasteiger partial charge < -0.3 is 15.2 Å². The van der Waals surface area contributed by atoms with Gasteiger partial charge >= 0.3 is 0 Å². The summed E-state index contributed by atoms with van der Waals surface area (Å²) in [6.45, 7) is 6.62. The van der Waals surface area contributed by atoms with E-state index in [9.17, 15) is 9.90 Å². The van der Waals surface area contributed by atoms with Crippen LogP contribution in [0.15, 0.2) is 108 Å². The average Bonchev–Trinajstić information content (AvgIpc) is 2.95. The Hall–Kier alpha value is -4.32. The number of ether oxygens (including phenoxy) is 1. The van der Waals surface area contributed by atoms with E-state index in [1.54, 1.807) is 19.2 Å². The SMILES string of the molecule is C=C/C(=C\C(CCCCCNC(=O)C1c2ccccc2Oc2ccccc21)=C(/C)C=NC)c1ccccc1O.[B]. The molecule has 0 aromatic heterocycles. The second-order valence-corrected chi connectivity index (χ2v) is 9.63. The molecule has 6 heteroatoms. The minimum Gasteiger partial charge on any atom is -0.507 e. The molecule has 0 saturated heterocycles. The number of aromatic hydroxyl groups is 1. The van der Waals surface area contributed by atoms with Gasteiger partial charge in [0.15, 0.2) is 0 Å². The van der Waals surface area contributed by atoms with Gasteiger partial charge in [-0.25, -0.2) is 0 Å². The first-order valence-electron chi connectivity index (χ1n) is 13.4. The number of benzene rings is 3. The van der Waals surface area contributed by atoms with Crippen molar-refractivity contribution in [3.63, 3.8) is 0 Å². The number of hydrogen-bond donors (Lipinski definition) is 2. The lowest BCUT2D eigenvalue weighted by Gasteiger charge is -2.27. The molecule has 2 N–H and O–H groups in total. The lowest BCUT2D eigenvalue weighted by molar-refractivity contribution is -0.121. The van der Waals surface area contributed by atoms with Crippen molar-refractivity contribution in [3.8, 4) is 17.2 Å². The van der Waals surface area contributed by atoms with Crippen LogP contribution < -0.4 is 10.1 Å². The Kier molecular flexibility index (Phi) is 11.1. The number of nitrogens with one attached hydrogen (secondary N) is 1. The number of phenolic OH excluding ortho intramolecular Hbond substituents is 1. The molecular formula is C34H36BN2O3. The number of aliphatic imine (C=N–C) groups is 1. The highest BCUT2D eigenvalue weighted by Gasteiger charge is 2.32. The summed E-state index contributed by atoms with van der Waals surface area (Å²) in [5.74, 6) is 1.31. The average molecular weight is 531 g/mol. The fourth-order valence-corrected chi connectivity index (χ4v) is 4.94. The molecule has 3 aromatic carbocycles. The number of nitrogens with zero attached hydrogens (tertiary/aromatic N) is 1. The van der Waals surface area contributed by atoms with E-state index in [2.05, 4.69) is 23.0 Å². The number of phenols is 1. The number of allylic oxidation sites excluding steroid dienone is 5. The lowest BCUT2D eigenvalue weighted by Crippen LogP contribution is -2.32. The molecule has 0 spiro atoms. The molecule has 3 aromatic rings. The van der Waals surface area contributed by atoms with E-state index in [1.807, 2.05) is 79.9 Å². The summed E-state index contributed by atoms with van der Waals surface area (Å²) in [6, 6.07) is 22.8. The van der Waals surface area contributed by atoms with E-state index in [0.29, 0.717) is 6.54 Å². The molecule has 1 amide bonds. The summed E-state index contributed by atoms with van der Waals surface area (Å²) in [4.78, 5) is 17.5. The maximum absolute atomic E-state index is 13.3. The van der Waals surface area contributed by atoms with Crippen LogP contribution in [0.4, 0.5) is 0 Å². The zero-order chi connectivity index (χ0) is 27.6. The van der Waals surface area contributed by atoms with Gasteiger partial charge in [-0.3, -0.25) is 9.79 Å². The highest BCUT2D eigenvalue weighted by molar-refractivity contribution is 5.89. The molecule has 4 rings (SSSR count). The summed E-state index contributed by atoms with van der Waals surface area (Å²) in [5.41, 5.74) is 5.65. The van der Waals surface area contributed by atoms with Gasteiger partial charge in [-0.05, 0) is 61.1 Å². The molecule has 1 aliphatic rings. The molecule has 0 atom stereocenters. The van der Waals surface area contributed by atoms with Crippen molar-refractivity contribution in [1.82, 2.24) is 5.32 Å². The first-order chi connectivity index (χ1) is 19.0. The van der Waals surface area contributed by atoms with Gasteiger partial charge in [0.2, 0.25) is 5.91 Å². The summed E-state index contributed by atoms with van der Waals surface area (Å²) in [7, 11) is 1.76. The fraction of sp³-hybridized carbons (Fsp3) is 0.235. The molecule has 0 aliphatic carbocycles. The molecule has 5 nitrogen and oxygen atoms in total. The Morgan fingerprint density at radius 3 is 2.23 bits per heavy atom. The highest BCUT2D eigenvalue weighted by Crippen LogP contribution is 2.43. The predicted molar refractivity (Wildman–Crippen MR) is 165 cm³/mol. The molecule has 0 saturated carbocycles. The van der Waals surface area contributed by atoms with Crippen LogP contribution in [0.5, 0.6) is 17.2 Å². The number of hydrogen-bond acceptors (Lipinski definition) is 4. The van der Waals surface area contributed by atoms with Crippen molar-refractivity contribution < 1.29 is 14.6 Å². The Balaban J connectivity index is 0.00000441. The van der Waals surface area contributed by atoms with Gasteiger partial charge in [0.1, 0.15) is 17.2 Å². The van der Waals surface area contributed by atoms with Crippen LogP contribution in [0, 0.1) is 0 Å². The van der Waals surface area contributed by atoms with E-state index >= 15 is 0 Å². The van der Waals surface area contributed by atoms with Gasteiger partial charge in [-0.15, -0.1) is 0 Å². The van der Waals surface area contributed by atoms with Gasteiger partial charge in [0.05, 0.1) is 5.92 Å². The predicted octanol–water partition coefficient (Wildman–Crippen LogP) is 7.21. The summed E-state index contributed by atoms with van der Waals surface area (Å²) < 4.78 is 6.03. The summed E-state index contributed by atoms with van der Waals surface area (Å²) in [5, 5.41) is 13.5. The van der Waals surface area contributed by atoms with Crippen molar-refractivity contribution in [2.75, 3.05) is 13.6 Å². The number of unbranched alkanes of at least 4 members (excludes halogenated alkanes) is 2. The Morgan fingerprint density at radius 1 is 0.975 bits per heavy atom. The molecule has 0 bridgehead atoms. The Labute approximate surface area is 239 Å². The minimum atomic E-state index is -0.381. The van der Waals surface area contributed by atoms with Crippen molar-refractivity contribution in [3.05, 3.63) is 119 Å². The van der Waals surface area contributed by atoms with Crippen LogP contribution in [0.2, 0.25) is 0 Å². The number of carbonyl (C=O) groups excluding carboxylic acids is 1. The van der Waals surface area contributed by atoms with Crippen molar-refractivity contribution in [2.45, 2.75) is 38.5 Å². The maximum atomic E-state index is 13.3. The van der Waals surface area contributed by atoms with Crippen LogP contribution in [-0.2, 0) is 4.79 Å². The molecule has 3 radical (unpaired) electrons. The normalized spacial score (nSPS) is 13.4. The van der Waals surface area contributed by atoms with E-state index in [0.717, 1.165) is 70.6 Å². The van der Waals surface area contributed by atoms with Crippen LogP contribution in [0.25, 0.3) is 5.57 Å². The van der Waals surface area contributed by atoms with Gasteiger partial charge in [0, 0.05) is 44.9 Å². The monoisotopic (exact) mass is 531 g/mol. The maximum Gasteiger partial charge on any atom is 0.232 e. The molecule has 0 fully saturated rings. The quantitative estimate of drug-likeness (QED) is 0.119. The second kappa shape index (κ2) is 14.7. The third-order valence-corrected chi connectivity index (χ3v) is 6.96. The van der Waals surface area contributed by atoms with Crippen LogP contribution >= 0.6 is 0 Å². The third kappa shape index (κ3) is 7.20. The van der Waals surface area contributed by atoms with Crippen LogP contribution in [0.3, 0.4) is 0 Å². The lowest BCUT2D eigenvalue weighted by atomic mass is 9.87. The van der Waals surface area contributed by atoms with E-state index in [1.165, 1.54) is 0 Å². The molecular weight excluding hydrogens is 495 g/mol. The second-order valence-electron chi connectivity index (χ2n) is 9.63. The Morgan fingerprint density at radius 2 is 1.60 bits per heavy atom. The van der Waals surface area contributed by atoms with Gasteiger partial charge in [-0.1, -0.05) is 79.7 Å². The fourth-order valence-electron chi connectivity index (χ4n) is 4.94. The highest BCUT2D eigenvalue weighted by atomic mass is 16.5. The molecule has 1 heterocycles. The third-order valence-electron chi connectivity index (χ3n) is 6.96. The topological polar surface area (TPSA) is 70.9 Å². The van der Waals surface area contributed by atoms with E-state index in [4.69, 9.17) is 4.74 Å². The molecule has 1 aliphatic heterocycles. The number of amides is 1. The van der Waals surface area contributed by atoms with Gasteiger partial charge in [0.25, 0.3) is 0 Å². The number of fused-ring (bicyclic) bond motifs is 2. The van der Waals surface area contributed by atoms with Crippen LogP contribution in [-0.4, -0.2) is 39.2 Å². The molecule has 0 unspecified atom stereocenters. The van der Waals surface area contributed by atoms with Crippen molar-refractivity contribution in [2.24, 2.45) is 4.99 Å². The smallest absolute Gasteiger partial charge is 0.232 e. The standard InChI is InChI=1S/C34H36N2O3.B/c1-4-25(27-15-7-10-18-30(27)37)22-26(24(2)23-35-3)14-6-5-13-21-36-34(38)33-28-16-8-11-19-31(28)39-32-20-12-9-17-29(32)33;/h4,7-12,15-20,22-23,33,37H,1,5-6,13-14,21H2,2-3H3,(H,36,38);/b25-22+,26-24+,35-23?;. The first-order valence-corrected chi connectivity index (χ1v) is 13.4. The molecule has 40 heavy (non-hydrogen) atoms. The van der Waals surface area contributed by atoms with E-state index in [-0.39, 0.29) is 26.0 Å². The number of carbonyl (C=O) groups is 1. The summed E-state index contributed by atoms with van der Waals surface area (Å²) in [6.07, 6.45) is 9.39. The van der Waals surface area contributed by atoms with Gasteiger partial charge in [-0.2, -0.15) is 0 Å². The minimum absolute atomic E-state index is 0. The zero-order valence-electron chi connectivity index (χ0n) is 23.3. The van der Waals surface area contributed by atoms with Crippen molar-refractivity contribution in [1.29, 1.82) is 0 Å². The largest absolute Gasteiger partial charge is 0.507 e. The zero-order valence-corrected chi connectivity index (χ0v) is 23.3. The van der Waals surface area contributed by atoms with E-state index < -0.39 is 0 Å².